The van der Waals surface area contributed by atoms with E-state index in [2.05, 4.69) is 10.3 Å². The van der Waals surface area contributed by atoms with Crippen LogP contribution in [0.4, 0.5) is 5.69 Å². The van der Waals surface area contributed by atoms with Gasteiger partial charge in [0.05, 0.1) is 17.0 Å². The van der Waals surface area contributed by atoms with E-state index < -0.39 is 10.0 Å². The summed E-state index contributed by atoms with van der Waals surface area (Å²) in [5, 5.41) is 2.79. The van der Waals surface area contributed by atoms with Gasteiger partial charge in [-0.25, -0.2) is 13.4 Å². The maximum atomic E-state index is 12.9. The third kappa shape index (κ3) is 4.33. The molecular weight excluding hydrogens is 388 g/mol. The van der Waals surface area contributed by atoms with Gasteiger partial charge < -0.3 is 9.72 Å². The third-order valence-corrected chi connectivity index (χ3v) is 7.06. The van der Waals surface area contributed by atoms with Crippen LogP contribution in [-0.4, -0.2) is 41.1 Å². The van der Waals surface area contributed by atoms with E-state index in [1.54, 1.807) is 32.9 Å². The van der Waals surface area contributed by atoms with Crippen molar-refractivity contribution < 1.29 is 13.2 Å². The van der Waals surface area contributed by atoms with Crippen LogP contribution in [0.3, 0.4) is 0 Å². The third-order valence-electron chi connectivity index (χ3n) is 4.86. The summed E-state index contributed by atoms with van der Waals surface area (Å²) in [5.41, 5.74) is 3.60. The summed E-state index contributed by atoms with van der Waals surface area (Å²) in [7, 11) is -3.60. The molecule has 2 heterocycles. The largest absolute Gasteiger partial charge is 0.326 e. The van der Waals surface area contributed by atoms with Gasteiger partial charge in [0.15, 0.2) is 0 Å². The Balaban J connectivity index is 1.81. The molecule has 8 heteroatoms. The van der Waals surface area contributed by atoms with Crippen molar-refractivity contribution in [2.75, 3.05) is 18.4 Å². The van der Waals surface area contributed by atoms with Gasteiger partial charge in [-0.3, -0.25) is 4.79 Å². The second-order valence-corrected chi connectivity index (χ2v) is 8.86. The second kappa shape index (κ2) is 8.34. The fraction of sp³-hybridized carbons (Fsp3) is 0.333. The first-order chi connectivity index (χ1) is 13.8. The number of hydrogen-bond donors (Lipinski definition) is 1. The lowest BCUT2D eigenvalue weighted by molar-refractivity contribution is -0.115. The number of rotatable bonds is 7. The molecule has 0 saturated heterocycles. The van der Waals surface area contributed by atoms with Crippen molar-refractivity contribution in [3.8, 4) is 0 Å². The second-order valence-electron chi connectivity index (χ2n) is 6.95. The van der Waals surface area contributed by atoms with Crippen molar-refractivity contribution in [3.63, 3.8) is 0 Å². The Labute approximate surface area is 171 Å². The predicted molar refractivity (Wildman–Crippen MR) is 114 cm³/mol. The smallest absolute Gasteiger partial charge is 0.243 e. The lowest BCUT2D eigenvalue weighted by Gasteiger charge is -2.20. The van der Waals surface area contributed by atoms with Crippen LogP contribution in [0.2, 0.25) is 0 Å². The molecule has 7 nitrogen and oxygen atoms in total. The number of aromatic nitrogens is 2. The van der Waals surface area contributed by atoms with Gasteiger partial charge in [0, 0.05) is 31.2 Å². The Morgan fingerprint density at radius 3 is 2.52 bits per heavy atom. The van der Waals surface area contributed by atoms with Crippen LogP contribution in [0.1, 0.15) is 30.7 Å². The zero-order valence-electron chi connectivity index (χ0n) is 17.1. The fourth-order valence-corrected chi connectivity index (χ4v) is 5.03. The Morgan fingerprint density at radius 2 is 1.86 bits per heavy atom. The van der Waals surface area contributed by atoms with Crippen LogP contribution in [0.15, 0.2) is 47.6 Å². The molecule has 1 N–H and O–H groups in total. The summed E-state index contributed by atoms with van der Waals surface area (Å²) in [6.45, 7) is 8.11. The van der Waals surface area contributed by atoms with Crippen molar-refractivity contribution in [1.29, 1.82) is 0 Å². The standard InChI is InChI=1S/C21H26N4O3S/c1-5-25(6-2)29(27,28)19-12-17(10-9-15(19)3)22-20(26)13-18-14-24-11-7-8-16(4)21(24)23-18/h7-12,14H,5-6,13H2,1-4H3,(H,22,26). The predicted octanol–water partition coefficient (Wildman–Crippen LogP) is 3.16. The van der Waals surface area contributed by atoms with Gasteiger partial charge in [0.2, 0.25) is 15.9 Å². The Hall–Kier alpha value is -2.71. The van der Waals surface area contributed by atoms with Crippen molar-refractivity contribution in [2.24, 2.45) is 0 Å². The number of carbonyl (C=O) groups is 1. The SMILES string of the molecule is CCN(CC)S(=O)(=O)c1cc(NC(=O)Cc2cn3cccc(C)c3n2)ccc1C. The molecule has 154 valence electrons. The molecule has 3 rings (SSSR count). The highest BCUT2D eigenvalue weighted by atomic mass is 32.2. The number of amides is 1. The van der Waals surface area contributed by atoms with Crippen molar-refractivity contribution in [2.45, 2.75) is 39.0 Å². The number of anilines is 1. The zero-order valence-corrected chi connectivity index (χ0v) is 18.0. The molecule has 0 atom stereocenters. The van der Waals surface area contributed by atoms with E-state index in [1.807, 2.05) is 35.9 Å². The molecule has 0 radical (unpaired) electrons. The average molecular weight is 415 g/mol. The minimum atomic E-state index is -3.60. The lowest BCUT2D eigenvalue weighted by Crippen LogP contribution is -2.31. The highest BCUT2D eigenvalue weighted by Gasteiger charge is 2.24. The molecule has 0 unspecified atom stereocenters. The van der Waals surface area contributed by atoms with Gasteiger partial charge in [-0.05, 0) is 43.2 Å². The number of pyridine rings is 1. The van der Waals surface area contributed by atoms with Crippen LogP contribution in [0.5, 0.6) is 0 Å². The quantitative estimate of drug-likeness (QED) is 0.644. The molecule has 0 spiro atoms. The first-order valence-electron chi connectivity index (χ1n) is 9.60. The number of carbonyl (C=O) groups excluding carboxylic acids is 1. The molecule has 0 aliphatic carbocycles. The Kier molecular flexibility index (Phi) is 6.04. The van der Waals surface area contributed by atoms with E-state index in [-0.39, 0.29) is 17.2 Å². The molecule has 3 aromatic rings. The summed E-state index contributed by atoms with van der Waals surface area (Å²) in [4.78, 5) is 17.2. The van der Waals surface area contributed by atoms with Crippen LogP contribution in [0, 0.1) is 13.8 Å². The van der Waals surface area contributed by atoms with Crippen molar-refractivity contribution in [1.82, 2.24) is 13.7 Å². The van der Waals surface area contributed by atoms with Gasteiger partial charge in [0.1, 0.15) is 5.65 Å². The van der Waals surface area contributed by atoms with Gasteiger partial charge in [-0.1, -0.05) is 26.0 Å². The van der Waals surface area contributed by atoms with Gasteiger partial charge in [-0.15, -0.1) is 0 Å². The van der Waals surface area contributed by atoms with Crippen LogP contribution in [0.25, 0.3) is 5.65 Å². The number of benzene rings is 1. The van der Waals surface area contributed by atoms with E-state index in [4.69, 9.17) is 0 Å². The number of aryl methyl sites for hydroxylation is 2. The maximum absolute atomic E-state index is 12.9. The van der Waals surface area contributed by atoms with Gasteiger partial charge >= 0.3 is 0 Å². The van der Waals surface area contributed by atoms with Crippen LogP contribution >= 0.6 is 0 Å². The van der Waals surface area contributed by atoms with Crippen molar-refractivity contribution >= 4 is 27.3 Å². The summed E-state index contributed by atoms with van der Waals surface area (Å²) in [5.74, 6) is -0.249. The highest BCUT2D eigenvalue weighted by Crippen LogP contribution is 2.24. The zero-order chi connectivity index (χ0) is 21.2. The minimum absolute atomic E-state index is 0.104. The van der Waals surface area contributed by atoms with E-state index in [0.29, 0.717) is 30.0 Å². The lowest BCUT2D eigenvalue weighted by atomic mass is 10.2. The maximum Gasteiger partial charge on any atom is 0.243 e. The average Bonchev–Trinajstić information content (AvgIpc) is 3.07. The Morgan fingerprint density at radius 1 is 1.14 bits per heavy atom. The summed E-state index contributed by atoms with van der Waals surface area (Å²) in [6.07, 6.45) is 3.82. The molecule has 0 fully saturated rings. The number of hydrogen-bond acceptors (Lipinski definition) is 4. The fourth-order valence-electron chi connectivity index (χ4n) is 3.32. The highest BCUT2D eigenvalue weighted by molar-refractivity contribution is 7.89. The monoisotopic (exact) mass is 414 g/mol. The molecule has 0 bridgehead atoms. The summed E-state index contributed by atoms with van der Waals surface area (Å²) >= 11 is 0. The minimum Gasteiger partial charge on any atom is -0.326 e. The molecule has 2 aromatic heterocycles. The number of nitrogens with zero attached hydrogens (tertiary/aromatic N) is 3. The normalized spacial score (nSPS) is 11.9. The first kappa shape index (κ1) is 21.0. The van der Waals surface area contributed by atoms with Gasteiger partial charge in [0.25, 0.3) is 0 Å². The van der Waals surface area contributed by atoms with Crippen LogP contribution < -0.4 is 5.32 Å². The molecule has 0 aliphatic heterocycles. The van der Waals surface area contributed by atoms with Gasteiger partial charge in [-0.2, -0.15) is 4.31 Å². The van der Waals surface area contributed by atoms with Crippen molar-refractivity contribution in [3.05, 3.63) is 59.5 Å². The van der Waals surface area contributed by atoms with E-state index >= 15 is 0 Å². The molecule has 0 aliphatic rings. The van der Waals surface area contributed by atoms with E-state index in [0.717, 1.165) is 11.2 Å². The first-order valence-corrected chi connectivity index (χ1v) is 11.0. The molecule has 1 amide bonds. The topological polar surface area (TPSA) is 83.8 Å². The summed E-state index contributed by atoms with van der Waals surface area (Å²) in [6, 6.07) is 8.84. The number of imidazole rings is 1. The number of sulfonamides is 1. The molecule has 0 saturated carbocycles. The molecule has 1 aromatic carbocycles. The molecule has 29 heavy (non-hydrogen) atoms. The summed E-state index contributed by atoms with van der Waals surface area (Å²) < 4.78 is 29.0. The Bertz CT molecular complexity index is 1150. The van der Waals surface area contributed by atoms with Crippen LogP contribution in [-0.2, 0) is 21.2 Å². The molecular formula is C21H26N4O3S. The van der Waals surface area contributed by atoms with E-state index in [1.165, 1.54) is 10.4 Å². The number of nitrogens with one attached hydrogen (secondary N) is 1. The number of fused-ring (bicyclic) bond motifs is 1. The van der Waals surface area contributed by atoms with E-state index in [9.17, 15) is 13.2 Å².